The first-order valence-corrected chi connectivity index (χ1v) is 7.26. The molecule has 1 aliphatic heterocycles. The van der Waals surface area contributed by atoms with Gasteiger partial charge in [-0.25, -0.2) is 0 Å². The van der Waals surface area contributed by atoms with Gasteiger partial charge in [-0.1, -0.05) is 0 Å². The molecule has 104 valence electrons. The third-order valence-electron chi connectivity index (χ3n) is 3.95. The van der Waals surface area contributed by atoms with Gasteiger partial charge in [0.2, 0.25) is 5.91 Å². The summed E-state index contributed by atoms with van der Waals surface area (Å²) in [5, 5.41) is 3.15. The monoisotopic (exact) mass is 253 g/mol. The molecule has 2 aliphatic rings. The molecule has 0 atom stereocenters. The Hall–Kier alpha value is -0.610. The summed E-state index contributed by atoms with van der Waals surface area (Å²) in [6.07, 6.45) is 6.26. The second-order valence-corrected chi connectivity index (χ2v) is 6.60. The van der Waals surface area contributed by atoms with Gasteiger partial charge in [-0.05, 0) is 46.0 Å². The molecular formula is C14H27N3O. The number of carbonyl (C=O) groups excluding carboxylic acids is 1. The van der Waals surface area contributed by atoms with E-state index in [0.717, 1.165) is 38.4 Å². The number of nitrogens with one attached hydrogen (secondary N) is 1. The minimum Gasteiger partial charge on any atom is -0.353 e. The van der Waals surface area contributed by atoms with Crippen LogP contribution < -0.4 is 11.1 Å². The van der Waals surface area contributed by atoms with E-state index in [1.807, 2.05) is 13.8 Å². The summed E-state index contributed by atoms with van der Waals surface area (Å²) < 4.78 is 0. The third-order valence-corrected chi connectivity index (χ3v) is 3.95. The van der Waals surface area contributed by atoms with E-state index in [2.05, 4.69) is 10.2 Å². The summed E-state index contributed by atoms with van der Waals surface area (Å²) in [5.74, 6) is 0.165. The molecule has 4 nitrogen and oxygen atoms in total. The average Bonchev–Trinajstić information content (AvgIpc) is 3.10. The average molecular weight is 253 g/mol. The Kier molecular flexibility index (Phi) is 4.28. The van der Waals surface area contributed by atoms with Crippen LogP contribution in [0, 0.1) is 0 Å². The summed E-state index contributed by atoms with van der Waals surface area (Å²) in [6, 6.07) is 1.24. The highest BCUT2D eigenvalue weighted by Crippen LogP contribution is 2.29. The molecule has 3 N–H and O–H groups in total. The molecule has 1 heterocycles. The fraction of sp³-hybridized carbons (Fsp3) is 0.929. The smallest absolute Gasteiger partial charge is 0.220 e. The van der Waals surface area contributed by atoms with Crippen LogP contribution >= 0.6 is 0 Å². The van der Waals surface area contributed by atoms with Gasteiger partial charge >= 0.3 is 0 Å². The van der Waals surface area contributed by atoms with E-state index in [4.69, 9.17) is 5.73 Å². The first kappa shape index (κ1) is 13.8. The number of rotatable bonds is 5. The second kappa shape index (κ2) is 5.57. The van der Waals surface area contributed by atoms with E-state index in [1.54, 1.807) is 0 Å². The molecule has 2 rings (SSSR count). The molecule has 0 aromatic rings. The summed E-state index contributed by atoms with van der Waals surface area (Å²) in [5.41, 5.74) is 5.65. The van der Waals surface area contributed by atoms with Crippen molar-refractivity contribution in [2.45, 2.75) is 70.0 Å². The number of likely N-dealkylation sites (tertiary alicyclic amines) is 1. The molecule has 0 radical (unpaired) electrons. The Bertz CT molecular complexity index is 286. The number of piperidine rings is 1. The minimum absolute atomic E-state index is 0.165. The highest BCUT2D eigenvalue weighted by molar-refractivity contribution is 5.76. The zero-order valence-corrected chi connectivity index (χ0v) is 11.7. The Morgan fingerprint density at radius 1 is 1.28 bits per heavy atom. The van der Waals surface area contributed by atoms with Gasteiger partial charge in [0, 0.05) is 37.1 Å². The molecule has 4 heteroatoms. The summed E-state index contributed by atoms with van der Waals surface area (Å²) in [4.78, 5) is 14.4. The van der Waals surface area contributed by atoms with E-state index in [9.17, 15) is 4.79 Å². The first-order chi connectivity index (χ1) is 8.44. The van der Waals surface area contributed by atoms with Crippen molar-refractivity contribution in [1.82, 2.24) is 10.2 Å². The fourth-order valence-electron chi connectivity index (χ4n) is 2.58. The lowest BCUT2D eigenvalue weighted by atomic mass is 9.99. The van der Waals surface area contributed by atoms with Crippen LogP contribution in [-0.2, 0) is 4.79 Å². The van der Waals surface area contributed by atoms with Crippen LogP contribution in [0.15, 0.2) is 0 Å². The lowest BCUT2D eigenvalue weighted by Crippen LogP contribution is -2.45. The molecule has 0 unspecified atom stereocenters. The van der Waals surface area contributed by atoms with Crippen LogP contribution in [0.1, 0.15) is 52.4 Å². The molecule has 1 aliphatic carbocycles. The number of amides is 1. The topological polar surface area (TPSA) is 58.4 Å². The van der Waals surface area contributed by atoms with Crippen molar-refractivity contribution in [3.63, 3.8) is 0 Å². The van der Waals surface area contributed by atoms with Crippen molar-refractivity contribution in [2.75, 3.05) is 13.1 Å². The van der Waals surface area contributed by atoms with E-state index in [0.29, 0.717) is 12.5 Å². The van der Waals surface area contributed by atoms with Gasteiger partial charge in [-0.15, -0.1) is 0 Å². The Labute approximate surface area is 110 Å². The molecule has 1 saturated heterocycles. The molecule has 18 heavy (non-hydrogen) atoms. The molecule has 1 amide bonds. The molecule has 0 spiro atoms. The second-order valence-electron chi connectivity index (χ2n) is 6.60. The molecule has 0 aromatic carbocycles. The molecule has 0 bridgehead atoms. The van der Waals surface area contributed by atoms with Gasteiger partial charge in [0.1, 0.15) is 0 Å². The van der Waals surface area contributed by atoms with Gasteiger partial charge in [0.25, 0.3) is 0 Å². The molecular weight excluding hydrogens is 226 g/mol. The van der Waals surface area contributed by atoms with Crippen molar-refractivity contribution in [3.05, 3.63) is 0 Å². The third kappa shape index (κ3) is 4.58. The normalized spacial score (nSPS) is 23.1. The minimum atomic E-state index is -0.243. The van der Waals surface area contributed by atoms with Crippen LogP contribution in [0.25, 0.3) is 0 Å². The number of nitrogens with zero attached hydrogens (tertiary/aromatic N) is 1. The predicted molar refractivity (Wildman–Crippen MR) is 73.3 cm³/mol. The quantitative estimate of drug-likeness (QED) is 0.775. The predicted octanol–water partition coefficient (Wildman–Crippen LogP) is 1.25. The highest BCUT2D eigenvalue weighted by atomic mass is 16.1. The number of hydrogen-bond donors (Lipinski definition) is 2. The molecule has 1 saturated carbocycles. The van der Waals surface area contributed by atoms with E-state index in [-0.39, 0.29) is 11.4 Å². The van der Waals surface area contributed by atoms with Gasteiger partial charge in [0.15, 0.2) is 0 Å². The van der Waals surface area contributed by atoms with Crippen molar-refractivity contribution in [3.8, 4) is 0 Å². The van der Waals surface area contributed by atoms with Crippen LogP contribution in [0.5, 0.6) is 0 Å². The SMILES string of the molecule is CC(C)(N)CCC(=O)NC1CCN(C2CC2)CC1. The van der Waals surface area contributed by atoms with E-state index < -0.39 is 0 Å². The fourth-order valence-corrected chi connectivity index (χ4v) is 2.58. The van der Waals surface area contributed by atoms with Crippen molar-refractivity contribution >= 4 is 5.91 Å². The van der Waals surface area contributed by atoms with Crippen LogP contribution in [0.3, 0.4) is 0 Å². The summed E-state index contributed by atoms with van der Waals surface area (Å²) in [7, 11) is 0. The van der Waals surface area contributed by atoms with Gasteiger partial charge in [-0.2, -0.15) is 0 Å². The zero-order valence-electron chi connectivity index (χ0n) is 11.7. The number of hydrogen-bond acceptors (Lipinski definition) is 3. The van der Waals surface area contributed by atoms with E-state index in [1.165, 1.54) is 12.8 Å². The van der Waals surface area contributed by atoms with Crippen LogP contribution in [-0.4, -0.2) is 41.5 Å². The number of nitrogens with two attached hydrogens (primary N) is 1. The van der Waals surface area contributed by atoms with Crippen molar-refractivity contribution < 1.29 is 4.79 Å². The lowest BCUT2D eigenvalue weighted by molar-refractivity contribution is -0.122. The molecule has 0 aromatic heterocycles. The van der Waals surface area contributed by atoms with Gasteiger partial charge in [-0.3, -0.25) is 4.79 Å². The summed E-state index contributed by atoms with van der Waals surface area (Å²) in [6.45, 7) is 6.23. The van der Waals surface area contributed by atoms with Crippen molar-refractivity contribution in [2.24, 2.45) is 5.73 Å². The van der Waals surface area contributed by atoms with Crippen molar-refractivity contribution in [1.29, 1.82) is 0 Å². The Balaban J connectivity index is 1.63. The maximum atomic E-state index is 11.8. The molecule has 2 fully saturated rings. The lowest BCUT2D eigenvalue weighted by Gasteiger charge is -2.32. The largest absolute Gasteiger partial charge is 0.353 e. The highest BCUT2D eigenvalue weighted by Gasteiger charge is 2.32. The number of carbonyl (C=O) groups is 1. The zero-order chi connectivity index (χ0) is 13.2. The van der Waals surface area contributed by atoms with Crippen LogP contribution in [0.2, 0.25) is 0 Å². The van der Waals surface area contributed by atoms with Gasteiger partial charge in [0.05, 0.1) is 0 Å². The summed E-state index contributed by atoms with van der Waals surface area (Å²) >= 11 is 0. The first-order valence-electron chi connectivity index (χ1n) is 7.26. The maximum Gasteiger partial charge on any atom is 0.220 e. The van der Waals surface area contributed by atoms with E-state index >= 15 is 0 Å². The maximum absolute atomic E-state index is 11.8. The van der Waals surface area contributed by atoms with Gasteiger partial charge < -0.3 is 16.0 Å². The van der Waals surface area contributed by atoms with Crippen LogP contribution in [0.4, 0.5) is 0 Å². The Morgan fingerprint density at radius 2 is 1.89 bits per heavy atom. The Morgan fingerprint density at radius 3 is 2.39 bits per heavy atom. The standard InChI is InChI=1S/C14H27N3O/c1-14(2,15)8-5-13(18)16-11-6-9-17(10-7-11)12-3-4-12/h11-12H,3-10,15H2,1-2H3,(H,16,18).